The summed E-state index contributed by atoms with van der Waals surface area (Å²) in [4.78, 5) is 25.8. The molecule has 0 saturated carbocycles. The van der Waals surface area contributed by atoms with Crippen LogP contribution in [0, 0.1) is 0 Å². The molecule has 386 valence electrons. The van der Waals surface area contributed by atoms with E-state index in [1.807, 2.05) is 42.5 Å². The van der Waals surface area contributed by atoms with Crippen molar-refractivity contribution >= 4 is 11.9 Å². The van der Waals surface area contributed by atoms with Gasteiger partial charge in [0.05, 0.1) is 135 Å². The molecule has 0 aliphatic carbocycles. The van der Waals surface area contributed by atoms with Crippen molar-refractivity contribution in [2.24, 2.45) is 0 Å². The van der Waals surface area contributed by atoms with Crippen molar-refractivity contribution in [3.63, 3.8) is 0 Å². The number of ether oxygens (including phenoxy) is 9. The molecule has 4 aromatic carbocycles. The summed E-state index contributed by atoms with van der Waals surface area (Å²) in [5.74, 6) is 2.33. The third-order valence-electron chi connectivity index (χ3n) is 14.3. The Labute approximate surface area is 416 Å². The first kappa shape index (κ1) is 54.3. The second kappa shape index (κ2) is 24.4. The Morgan fingerprint density at radius 3 is 1.63 bits per heavy atom. The van der Waals surface area contributed by atoms with Crippen LogP contribution in [0.5, 0.6) is 40.2 Å². The maximum absolute atomic E-state index is 12.9. The number of aliphatic hydroxyl groups is 4. The molecule has 71 heavy (non-hydrogen) atoms. The number of hydrogen-bond acceptors (Lipinski definition) is 15. The van der Waals surface area contributed by atoms with E-state index in [9.17, 15) is 30.0 Å². The van der Waals surface area contributed by atoms with Crippen LogP contribution < -0.4 is 33.2 Å². The molecule has 0 aromatic heterocycles. The fraction of sp³-hybridized carbons (Fsp3) is 0.481. The predicted octanol–water partition coefficient (Wildman–Crippen LogP) is 5.22. The van der Waals surface area contributed by atoms with Crippen LogP contribution in [-0.2, 0) is 64.8 Å². The molecule has 6 rings (SSSR count). The molecule has 0 amide bonds. The molecule has 0 fully saturated rings. The Kier molecular flexibility index (Phi) is 18.6. The molecule has 0 saturated heterocycles. The Morgan fingerprint density at radius 1 is 0.563 bits per heavy atom. The highest BCUT2D eigenvalue weighted by molar-refractivity contribution is 5.91. The Balaban J connectivity index is 1.10. The van der Waals surface area contributed by atoms with Crippen LogP contribution in [0.2, 0.25) is 0 Å². The summed E-state index contributed by atoms with van der Waals surface area (Å²) in [6.45, 7) is 1.80. The zero-order valence-electron chi connectivity index (χ0n) is 42.6. The first-order valence-corrected chi connectivity index (χ1v) is 23.8. The molecular weight excluding hydrogens is 917 g/mol. The number of methoxy groups -OCH3 is 7. The standard InChI is InChI=1S/C54H72N2O15/c1-55(18-14-35-27-44(63-3)45(64-4)29-41(35)43(55)23-34-22-39(31-58)52(67-7)46(24-34)65-5)16-10-20-70-48(61)12-13-49(62)71-21-11-17-56(2)19-15-36-25-38(30-57)42(33-60)54(69-9)50(36)51(56)37-26-40(32-59)53(68-8)47(28-37)66-6/h12-13,22,24-29,43,51,57-60H,10-11,14-21,23,30-33H2,1-9H3/q+2. The molecular formula is C54H72N2O15+2. The highest BCUT2D eigenvalue weighted by Crippen LogP contribution is 2.49. The molecule has 0 bridgehead atoms. The SMILES string of the molecule is COc1cc2c(cc1OC)C(Cc1cc(CO)c(OC)c(OC)c1)[N+](C)(CCCOC(=O)C=CC(=O)OCCC[N+]1(C)CCc3cc(CO)c(CO)c(OC)c3C1c1cc(CO)c(OC)c(OC)c1)CC2. The maximum Gasteiger partial charge on any atom is 0.331 e. The molecule has 4 aromatic rings. The molecule has 2 aliphatic heterocycles. The van der Waals surface area contributed by atoms with E-state index in [4.69, 9.17) is 42.6 Å². The lowest BCUT2D eigenvalue weighted by Gasteiger charge is -2.47. The third-order valence-corrected chi connectivity index (χ3v) is 14.3. The molecule has 17 heteroatoms. The van der Waals surface area contributed by atoms with Gasteiger partial charge in [0.1, 0.15) is 17.8 Å². The van der Waals surface area contributed by atoms with Gasteiger partial charge in [0.2, 0.25) is 0 Å². The summed E-state index contributed by atoms with van der Waals surface area (Å²) >= 11 is 0. The minimum Gasteiger partial charge on any atom is -0.496 e. The molecule has 0 spiro atoms. The molecule has 2 aliphatic rings. The number of aliphatic hydroxyl groups excluding tert-OH is 4. The minimum absolute atomic E-state index is 0.0399. The quantitative estimate of drug-likeness (QED) is 0.0309. The van der Waals surface area contributed by atoms with Gasteiger partial charge < -0.3 is 72.0 Å². The number of rotatable bonds is 24. The van der Waals surface area contributed by atoms with Gasteiger partial charge in [0, 0.05) is 72.1 Å². The van der Waals surface area contributed by atoms with Gasteiger partial charge in [-0.15, -0.1) is 0 Å². The number of likely N-dealkylation sites (N-methyl/N-ethyl adjacent to an activating group) is 2. The monoisotopic (exact) mass is 988 g/mol. The van der Waals surface area contributed by atoms with Gasteiger partial charge in [-0.05, 0) is 58.7 Å². The zero-order chi connectivity index (χ0) is 51.5. The summed E-state index contributed by atoms with van der Waals surface area (Å²) in [7, 11) is 15.3. The lowest BCUT2D eigenvalue weighted by Crippen LogP contribution is -2.52. The summed E-state index contributed by atoms with van der Waals surface area (Å²) < 4.78 is 52.2. The topological polar surface area (TPSA) is 198 Å². The second-order valence-corrected chi connectivity index (χ2v) is 18.4. The van der Waals surface area contributed by atoms with E-state index in [1.165, 1.54) is 14.2 Å². The number of esters is 2. The van der Waals surface area contributed by atoms with Gasteiger partial charge in [0.15, 0.2) is 34.5 Å². The van der Waals surface area contributed by atoms with E-state index in [-0.39, 0.29) is 51.7 Å². The average molecular weight is 989 g/mol. The van der Waals surface area contributed by atoms with Crippen molar-refractivity contribution in [3.8, 4) is 40.2 Å². The first-order valence-electron chi connectivity index (χ1n) is 23.8. The zero-order valence-corrected chi connectivity index (χ0v) is 42.6. The van der Waals surface area contributed by atoms with Crippen LogP contribution in [0.3, 0.4) is 0 Å². The van der Waals surface area contributed by atoms with Gasteiger partial charge in [-0.3, -0.25) is 0 Å². The molecule has 4 unspecified atom stereocenters. The normalized spacial score (nSPS) is 19.3. The average Bonchev–Trinajstić information content (AvgIpc) is 3.39. The lowest BCUT2D eigenvalue weighted by molar-refractivity contribution is -0.941. The van der Waals surface area contributed by atoms with Crippen molar-refractivity contribution in [1.29, 1.82) is 0 Å². The van der Waals surface area contributed by atoms with E-state index in [2.05, 4.69) is 14.1 Å². The fourth-order valence-corrected chi connectivity index (χ4v) is 10.7. The minimum atomic E-state index is -0.678. The van der Waals surface area contributed by atoms with E-state index < -0.39 is 11.9 Å². The summed E-state index contributed by atoms with van der Waals surface area (Å²) in [6, 6.07) is 13.2. The number of fused-ring (bicyclic) bond motifs is 2. The van der Waals surface area contributed by atoms with Crippen molar-refractivity contribution in [3.05, 3.63) is 110 Å². The van der Waals surface area contributed by atoms with Gasteiger partial charge in [-0.25, -0.2) is 9.59 Å². The number of carbonyl (C=O) groups is 2. The molecule has 2 heterocycles. The third kappa shape index (κ3) is 11.7. The molecule has 0 radical (unpaired) electrons. The Morgan fingerprint density at radius 2 is 1.08 bits per heavy atom. The second-order valence-electron chi connectivity index (χ2n) is 18.4. The van der Waals surface area contributed by atoms with Gasteiger partial charge in [-0.2, -0.15) is 0 Å². The van der Waals surface area contributed by atoms with Crippen molar-refractivity contribution in [1.82, 2.24) is 0 Å². The van der Waals surface area contributed by atoms with Crippen LogP contribution in [0.25, 0.3) is 0 Å². The van der Waals surface area contributed by atoms with Crippen LogP contribution in [0.4, 0.5) is 0 Å². The van der Waals surface area contributed by atoms with Crippen LogP contribution in [0.1, 0.15) is 80.6 Å². The van der Waals surface area contributed by atoms with Crippen LogP contribution in [0.15, 0.2) is 54.6 Å². The first-order chi connectivity index (χ1) is 34.2. The van der Waals surface area contributed by atoms with Crippen molar-refractivity contribution < 1.29 is 81.6 Å². The van der Waals surface area contributed by atoms with E-state index >= 15 is 0 Å². The van der Waals surface area contributed by atoms with Gasteiger partial charge >= 0.3 is 11.9 Å². The number of nitrogens with zero attached hydrogens (tertiary/aromatic N) is 2. The van der Waals surface area contributed by atoms with Crippen LogP contribution >= 0.6 is 0 Å². The summed E-state index contributed by atoms with van der Waals surface area (Å²) in [5.41, 5.74) is 8.13. The van der Waals surface area contributed by atoms with E-state index in [0.29, 0.717) is 117 Å². The van der Waals surface area contributed by atoms with E-state index in [0.717, 1.165) is 58.5 Å². The number of carbonyl (C=O) groups excluding carboxylic acids is 2. The van der Waals surface area contributed by atoms with Crippen molar-refractivity contribution in [2.45, 2.75) is 70.6 Å². The maximum atomic E-state index is 12.9. The molecule has 17 nitrogen and oxygen atoms in total. The smallest absolute Gasteiger partial charge is 0.331 e. The van der Waals surface area contributed by atoms with Crippen LogP contribution in [-0.4, -0.2) is 145 Å². The Bertz CT molecular complexity index is 2490. The highest BCUT2D eigenvalue weighted by atomic mass is 16.5. The lowest BCUT2D eigenvalue weighted by atomic mass is 9.82. The molecule has 4 N–H and O–H groups in total. The predicted molar refractivity (Wildman–Crippen MR) is 263 cm³/mol. The van der Waals surface area contributed by atoms with Gasteiger partial charge in [-0.1, -0.05) is 6.07 Å². The largest absolute Gasteiger partial charge is 0.496 e. The fourth-order valence-electron chi connectivity index (χ4n) is 10.7. The Hall–Kier alpha value is -6.08. The summed E-state index contributed by atoms with van der Waals surface area (Å²) in [5, 5.41) is 41.3. The van der Waals surface area contributed by atoms with Gasteiger partial charge in [0.25, 0.3) is 0 Å². The number of benzene rings is 4. The molecule has 4 atom stereocenters. The van der Waals surface area contributed by atoms with E-state index in [1.54, 1.807) is 35.5 Å². The van der Waals surface area contributed by atoms with Crippen molar-refractivity contribution in [2.75, 3.05) is 103 Å². The number of hydrogen-bond donors (Lipinski definition) is 4. The highest BCUT2D eigenvalue weighted by Gasteiger charge is 2.44. The summed E-state index contributed by atoms with van der Waals surface area (Å²) in [6.07, 6.45) is 5.23. The number of quaternary nitrogens is 2.